The summed E-state index contributed by atoms with van der Waals surface area (Å²) in [5.74, 6) is 0. The van der Waals surface area contributed by atoms with Crippen LogP contribution in [0, 0.1) is 0 Å². The first-order valence-corrected chi connectivity index (χ1v) is 5.32. The third-order valence-corrected chi connectivity index (χ3v) is 2.09. The Balaban J connectivity index is 2.56. The molecule has 0 aliphatic carbocycles. The van der Waals surface area contributed by atoms with Gasteiger partial charge in [0.25, 0.3) is 0 Å². The average Bonchev–Trinajstić information content (AvgIpc) is 2.19. The van der Waals surface area contributed by atoms with E-state index in [2.05, 4.69) is 22.5 Å². The van der Waals surface area contributed by atoms with Crippen molar-refractivity contribution in [3.05, 3.63) is 18.5 Å². The van der Waals surface area contributed by atoms with Crippen LogP contribution in [-0.4, -0.2) is 29.3 Å². The Labute approximate surface area is 90.7 Å². The minimum atomic E-state index is 0.203. The fourth-order valence-corrected chi connectivity index (χ4v) is 1.37. The average molecular weight is 209 g/mol. The van der Waals surface area contributed by atoms with E-state index in [0.717, 1.165) is 24.3 Å². The molecular formula is C11H19N3O. The van der Waals surface area contributed by atoms with E-state index in [1.54, 1.807) is 12.4 Å². The van der Waals surface area contributed by atoms with E-state index in [9.17, 15) is 0 Å². The van der Waals surface area contributed by atoms with Gasteiger partial charge in [-0.25, -0.2) is 0 Å². The molecule has 0 aliphatic rings. The van der Waals surface area contributed by atoms with Crippen molar-refractivity contribution in [1.29, 1.82) is 0 Å². The summed E-state index contributed by atoms with van der Waals surface area (Å²) in [5.41, 5.74) is 1.99. The molecule has 0 radical (unpaired) electrons. The highest BCUT2D eigenvalue weighted by Crippen LogP contribution is 2.14. The Morgan fingerprint density at radius 1 is 1.40 bits per heavy atom. The molecule has 1 unspecified atom stereocenters. The molecule has 4 nitrogen and oxygen atoms in total. The molecule has 1 rings (SSSR count). The van der Waals surface area contributed by atoms with Crippen LogP contribution < -0.4 is 10.6 Å². The van der Waals surface area contributed by atoms with E-state index in [4.69, 9.17) is 5.11 Å². The largest absolute Gasteiger partial charge is 0.396 e. The van der Waals surface area contributed by atoms with Crippen molar-refractivity contribution in [2.24, 2.45) is 0 Å². The minimum Gasteiger partial charge on any atom is -0.396 e. The molecule has 84 valence electrons. The van der Waals surface area contributed by atoms with Gasteiger partial charge in [-0.3, -0.25) is 4.98 Å². The Kier molecular flexibility index (Phi) is 4.90. The van der Waals surface area contributed by atoms with Crippen molar-refractivity contribution in [1.82, 2.24) is 4.98 Å². The highest BCUT2D eigenvalue weighted by molar-refractivity contribution is 5.54. The van der Waals surface area contributed by atoms with Gasteiger partial charge < -0.3 is 15.7 Å². The van der Waals surface area contributed by atoms with Gasteiger partial charge in [-0.15, -0.1) is 0 Å². The number of nitrogens with zero attached hydrogens (tertiary/aromatic N) is 1. The first kappa shape index (κ1) is 11.8. The molecule has 0 saturated heterocycles. The molecule has 1 heterocycles. The van der Waals surface area contributed by atoms with Gasteiger partial charge in [-0.2, -0.15) is 0 Å². The van der Waals surface area contributed by atoms with Crippen LogP contribution in [0.2, 0.25) is 0 Å². The molecule has 0 bridgehead atoms. The number of pyridine rings is 1. The lowest BCUT2D eigenvalue weighted by Crippen LogP contribution is -2.16. The zero-order valence-electron chi connectivity index (χ0n) is 9.33. The molecule has 15 heavy (non-hydrogen) atoms. The quantitative estimate of drug-likeness (QED) is 0.667. The molecule has 1 atom stereocenters. The summed E-state index contributed by atoms with van der Waals surface area (Å²) in [6.45, 7) is 5.18. The SMILES string of the molecule is CCNc1cncc(NC(C)CCO)c1. The summed E-state index contributed by atoms with van der Waals surface area (Å²) in [6, 6.07) is 2.28. The smallest absolute Gasteiger partial charge is 0.0549 e. The number of aliphatic hydroxyl groups excluding tert-OH is 1. The fourth-order valence-electron chi connectivity index (χ4n) is 1.37. The monoisotopic (exact) mass is 209 g/mol. The zero-order chi connectivity index (χ0) is 11.1. The van der Waals surface area contributed by atoms with E-state index >= 15 is 0 Å². The fraction of sp³-hybridized carbons (Fsp3) is 0.545. The van der Waals surface area contributed by atoms with E-state index in [-0.39, 0.29) is 12.6 Å². The highest BCUT2D eigenvalue weighted by Gasteiger charge is 2.01. The summed E-state index contributed by atoms with van der Waals surface area (Å²) < 4.78 is 0. The standard InChI is InChI=1S/C11H19N3O/c1-3-13-10-6-11(8-12-7-10)14-9(2)4-5-15/h6-9,13-15H,3-5H2,1-2H3. The number of hydrogen-bond donors (Lipinski definition) is 3. The topological polar surface area (TPSA) is 57.2 Å². The summed E-state index contributed by atoms with van der Waals surface area (Å²) in [4.78, 5) is 4.13. The molecule has 0 amide bonds. The van der Waals surface area contributed by atoms with Crippen LogP contribution in [0.1, 0.15) is 20.3 Å². The highest BCUT2D eigenvalue weighted by atomic mass is 16.3. The van der Waals surface area contributed by atoms with Gasteiger partial charge in [0.1, 0.15) is 0 Å². The molecule has 0 aliphatic heterocycles. The van der Waals surface area contributed by atoms with Gasteiger partial charge in [-0.05, 0) is 26.3 Å². The maximum absolute atomic E-state index is 8.79. The molecule has 1 aromatic heterocycles. The molecule has 1 aromatic rings. The van der Waals surface area contributed by atoms with Gasteiger partial charge in [0.05, 0.1) is 23.8 Å². The van der Waals surface area contributed by atoms with Crippen molar-refractivity contribution in [2.75, 3.05) is 23.8 Å². The molecule has 4 heteroatoms. The summed E-state index contributed by atoms with van der Waals surface area (Å²) in [6.07, 6.45) is 4.32. The van der Waals surface area contributed by atoms with Crippen LogP contribution >= 0.6 is 0 Å². The Bertz CT molecular complexity index is 291. The maximum Gasteiger partial charge on any atom is 0.0549 e. The lowest BCUT2D eigenvalue weighted by molar-refractivity contribution is 0.282. The van der Waals surface area contributed by atoms with Gasteiger partial charge in [0.15, 0.2) is 0 Å². The third kappa shape index (κ3) is 4.16. The van der Waals surface area contributed by atoms with Crippen molar-refractivity contribution < 1.29 is 5.11 Å². The van der Waals surface area contributed by atoms with Crippen molar-refractivity contribution >= 4 is 11.4 Å². The van der Waals surface area contributed by atoms with Gasteiger partial charge in [0, 0.05) is 19.2 Å². The predicted octanol–water partition coefficient (Wildman–Crippen LogP) is 1.70. The molecule has 3 N–H and O–H groups in total. The van der Waals surface area contributed by atoms with Crippen LogP contribution in [0.4, 0.5) is 11.4 Å². The minimum absolute atomic E-state index is 0.203. The van der Waals surface area contributed by atoms with Gasteiger partial charge in [-0.1, -0.05) is 0 Å². The molecule has 0 saturated carbocycles. The number of nitrogens with one attached hydrogen (secondary N) is 2. The molecule has 0 aromatic carbocycles. The second-order valence-electron chi connectivity index (χ2n) is 3.55. The van der Waals surface area contributed by atoms with Crippen molar-refractivity contribution in [3.63, 3.8) is 0 Å². The molecule has 0 fully saturated rings. The Hall–Kier alpha value is -1.29. The third-order valence-electron chi connectivity index (χ3n) is 2.09. The van der Waals surface area contributed by atoms with E-state index in [1.165, 1.54) is 0 Å². The van der Waals surface area contributed by atoms with Crippen molar-refractivity contribution in [3.8, 4) is 0 Å². The van der Waals surface area contributed by atoms with Crippen LogP contribution in [0.5, 0.6) is 0 Å². The number of aliphatic hydroxyl groups is 1. The number of rotatable bonds is 6. The first-order valence-electron chi connectivity index (χ1n) is 5.32. The van der Waals surface area contributed by atoms with Crippen LogP contribution in [0.25, 0.3) is 0 Å². The van der Waals surface area contributed by atoms with Crippen molar-refractivity contribution in [2.45, 2.75) is 26.3 Å². The van der Waals surface area contributed by atoms with Crippen LogP contribution in [0.15, 0.2) is 18.5 Å². The second-order valence-corrected chi connectivity index (χ2v) is 3.55. The van der Waals surface area contributed by atoms with E-state index in [0.29, 0.717) is 0 Å². The van der Waals surface area contributed by atoms with Gasteiger partial charge in [0.2, 0.25) is 0 Å². The van der Waals surface area contributed by atoms with E-state index < -0.39 is 0 Å². The second kappa shape index (κ2) is 6.24. The number of anilines is 2. The molecular weight excluding hydrogens is 190 g/mol. The maximum atomic E-state index is 8.79. The Morgan fingerprint density at radius 2 is 2.13 bits per heavy atom. The summed E-state index contributed by atoms with van der Waals surface area (Å²) >= 11 is 0. The van der Waals surface area contributed by atoms with E-state index in [1.807, 2.05) is 13.0 Å². The predicted molar refractivity (Wildman–Crippen MR) is 63.2 cm³/mol. The first-order chi connectivity index (χ1) is 7.26. The lowest BCUT2D eigenvalue weighted by Gasteiger charge is -2.14. The molecule has 0 spiro atoms. The van der Waals surface area contributed by atoms with Crippen LogP contribution in [-0.2, 0) is 0 Å². The summed E-state index contributed by atoms with van der Waals surface area (Å²) in [5, 5.41) is 15.3. The summed E-state index contributed by atoms with van der Waals surface area (Å²) in [7, 11) is 0. The number of aromatic nitrogens is 1. The lowest BCUT2D eigenvalue weighted by atomic mass is 10.2. The zero-order valence-corrected chi connectivity index (χ0v) is 9.33. The van der Waals surface area contributed by atoms with Gasteiger partial charge >= 0.3 is 0 Å². The Morgan fingerprint density at radius 3 is 2.80 bits per heavy atom. The number of hydrogen-bond acceptors (Lipinski definition) is 4. The normalized spacial score (nSPS) is 12.2. The van der Waals surface area contributed by atoms with Crippen LogP contribution in [0.3, 0.4) is 0 Å².